The highest BCUT2D eigenvalue weighted by Crippen LogP contribution is 2.45. The van der Waals surface area contributed by atoms with Gasteiger partial charge in [-0.1, -0.05) is 20.8 Å². The molecule has 0 spiro atoms. The van der Waals surface area contributed by atoms with Crippen LogP contribution in [0.3, 0.4) is 0 Å². The quantitative estimate of drug-likeness (QED) is 0.676. The van der Waals surface area contributed by atoms with Crippen molar-refractivity contribution in [3.05, 3.63) is 0 Å². The van der Waals surface area contributed by atoms with E-state index < -0.39 is 0 Å². The number of hydrogen-bond donors (Lipinski definition) is 2. The van der Waals surface area contributed by atoms with Crippen molar-refractivity contribution in [1.82, 2.24) is 0 Å². The fourth-order valence-electron chi connectivity index (χ4n) is 1.85. The summed E-state index contributed by atoms with van der Waals surface area (Å²) in [4.78, 5) is 0. The molecule has 0 amide bonds. The molecule has 0 aromatic carbocycles. The average Bonchev–Trinajstić information content (AvgIpc) is 2.64. The first-order chi connectivity index (χ1) is 5.40. The Morgan fingerprint density at radius 3 is 2.33 bits per heavy atom. The summed E-state index contributed by atoms with van der Waals surface area (Å²) in [5.74, 6) is 0. The van der Waals surface area contributed by atoms with E-state index in [1.807, 2.05) is 0 Å². The molecular formula is C10H21NO. The molecule has 0 bridgehead atoms. The molecule has 12 heavy (non-hydrogen) atoms. The lowest BCUT2D eigenvalue weighted by molar-refractivity contribution is 0.0782. The number of rotatable bonds is 4. The topological polar surface area (TPSA) is 46.2 Å². The van der Waals surface area contributed by atoms with E-state index in [0.29, 0.717) is 0 Å². The maximum atomic E-state index is 9.75. The van der Waals surface area contributed by atoms with E-state index in [-0.39, 0.29) is 17.1 Å². The van der Waals surface area contributed by atoms with Crippen molar-refractivity contribution in [2.75, 3.05) is 0 Å². The van der Waals surface area contributed by atoms with E-state index in [1.165, 1.54) is 0 Å². The summed E-state index contributed by atoms with van der Waals surface area (Å²) in [5, 5.41) is 9.75. The van der Waals surface area contributed by atoms with E-state index in [2.05, 4.69) is 20.8 Å². The van der Waals surface area contributed by atoms with Crippen LogP contribution in [-0.4, -0.2) is 16.7 Å². The predicted molar refractivity (Wildman–Crippen MR) is 50.8 cm³/mol. The molecule has 1 aliphatic rings. The Hall–Kier alpha value is -0.0800. The number of nitrogens with two attached hydrogens (primary N) is 1. The molecule has 72 valence electrons. The lowest BCUT2D eigenvalue weighted by Crippen LogP contribution is -2.39. The van der Waals surface area contributed by atoms with Gasteiger partial charge in [0.05, 0.1) is 5.60 Å². The van der Waals surface area contributed by atoms with Crippen LogP contribution < -0.4 is 5.73 Å². The van der Waals surface area contributed by atoms with Gasteiger partial charge in [0.25, 0.3) is 0 Å². The summed E-state index contributed by atoms with van der Waals surface area (Å²) >= 11 is 0. The minimum Gasteiger partial charge on any atom is -0.390 e. The Bertz CT molecular complexity index is 161. The molecule has 1 rings (SSSR count). The zero-order valence-electron chi connectivity index (χ0n) is 8.43. The van der Waals surface area contributed by atoms with Gasteiger partial charge in [0, 0.05) is 6.04 Å². The molecule has 1 fully saturated rings. The minimum atomic E-state index is -0.365. The van der Waals surface area contributed by atoms with Gasteiger partial charge in [-0.3, -0.25) is 0 Å². The Kier molecular flexibility index (Phi) is 2.50. The van der Waals surface area contributed by atoms with E-state index in [0.717, 1.165) is 25.7 Å². The summed E-state index contributed by atoms with van der Waals surface area (Å²) in [6, 6.07) is 0.210. The van der Waals surface area contributed by atoms with E-state index in [4.69, 9.17) is 5.73 Å². The Labute approximate surface area is 75.2 Å². The standard InChI is InChI=1S/C10H21NO/c1-4-8(11)9(2,3)7-10(12)5-6-10/h8,12H,4-7,11H2,1-3H3. The van der Waals surface area contributed by atoms with Crippen molar-refractivity contribution >= 4 is 0 Å². The largest absolute Gasteiger partial charge is 0.390 e. The smallest absolute Gasteiger partial charge is 0.0655 e. The molecule has 1 unspecified atom stereocenters. The predicted octanol–water partition coefficient (Wildman–Crippen LogP) is 1.66. The van der Waals surface area contributed by atoms with Gasteiger partial charge in [-0.15, -0.1) is 0 Å². The van der Waals surface area contributed by atoms with Crippen molar-refractivity contribution in [3.8, 4) is 0 Å². The van der Waals surface area contributed by atoms with Gasteiger partial charge in [-0.2, -0.15) is 0 Å². The highest BCUT2D eigenvalue weighted by Gasteiger charge is 2.45. The van der Waals surface area contributed by atoms with Crippen LogP contribution in [0.5, 0.6) is 0 Å². The van der Waals surface area contributed by atoms with Crippen molar-refractivity contribution in [1.29, 1.82) is 0 Å². The second kappa shape index (κ2) is 3.00. The third-order valence-electron chi connectivity index (χ3n) is 3.06. The van der Waals surface area contributed by atoms with Gasteiger partial charge >= 0.3 is 0 Å². The van der Waals surface area contributed by atoms with Crippen molar-refractivity contribution in [2.45, 2.75) is 58.1 Å². The number of aliphatic hydroxyl groups is 1. The van der Waals surface area contributed by atoms with E-state index in [9.17, 15) is 5.11 Å². The van der Waals surface area contributed by atoms with Gasteiger partial charge in [0.2, 0.25) is 0 Å². The summed E-state index contributed by atoms with van der Waals surface area (Å²) in [6.07, 6.45) is 3.78. The fraction of sp³-hybridized carbons (Fsp3) is 1.00. The van der Waals surface area contributed by atoms with Gasteiger partial charge in [-0.05, 0) is 31.1 Å². The molecule has 0 radical (unpaired) electrons. The third kappa shape index (κ3) is 2.20. The van der Waals surface area contributed by atoms with Crippen LogP contribution in [0, 0.1) is 5.41 Å². The average molecular weight is 171 g/mol. The molecule has 3 N–H and O–H groups in total. The van der Waals surface area contributed by atoms with Crippen molar-refractivity contribution < 1.29 is 5.11 Å². The fourth-order valence-corrected chi connectivity index (χ4v) is 1.85. The molecule has 0 aliphatic heterocycles. The van der Waals surface area contributed by atoms with Crippen LogP contribution in [0.2, 0.25) is 0 Å². The van der Waals surface area contributed by atoms with Crippen LogP contribution in [0.4, 0.5) is 0 Å². The Balaban J connectivity index is 2.47. The van der Waals surface area contributed by atoms with E-state index in [1.54, 1.807) is 0 Å². The normalized spacial score (nSPS) is 23.8. The maximum Gasteiger partial charge on any atom is 0.0655 e. The van der Waals surface area contributed by atoms with Crippen molar-refractivity contribution in [2.24, 2.45) is 11.1 Å². The summed E-state index contributed by atoms with van der Waals surface area (Å²) in [5.41, 5.74) is 5.69. The summed E-state index contributed by atoms with van der Waals surface area (Å²) < 4.78 is 0. The third-order valence-corrected chi connectivity index (χ3v) is 3.06. The zero-order valence-corrected chi connectivity index (χ0v) is 8.43. The molecule has 0 saturated heterocycles. The molecule has 1 saturated carbocycles. The molecule has 0 aromatic rings. The molecule has 1 atom stereocenters. The van der Waals surface area contributed by atoms with Crippen LogP contribution in [-0.2, 0) is 0 Å². The van der Waals surface area contributed by atoms with Crippen molar-refractivity contribution in [3.63, 3.8) is 0 Å². The van der Waals surface area contributed by atoms with Gasteiger partial charge in [0.15, 0.2) is 0 Å². The molecule has 2 heteroatoms. The molecule has 0 aromatic heterocycles. The zero-order chi connectivity index (χ0) is 9.41. The Morgan fingerprint density at radius 2 is 2.00 bits per heavy atom. The molecular weight excluding hydrogens is 150 g/mol. The van der Waals surface area contributed by atoms with E-state index >= 15 is 0 Å². The maximum absolute atomic E-state index is 9.75. The SMILES string of the molecule is CCC(N)C(C)(C)CC1(O)CC1. The lowest BCUT2D eigenvalue weighted by Gasteiger charge is -2.33. The molecule has 2 nitrogen and oxygen atoms in total. The second-order valence-corrected chi connectivity index (χ2v) is 4.90. The highest BCUT2D eigenvalue weighted by atomic mass is 16.3. The summed E-state index contributed by atoms with van der Waals surface area (Å²) in [7, 11) is 0. The number of hydrogen-bond acceptors (Lipinski definition) is 2. The monoisotopic (exact) mass is 171 g/mol. The molecule has 1 aliphatic carbocycles. The van der Waals surface area contributed by atoms with Crippen LogP contribution in [0.25, 0.3) is 0 Å². The summed E-state index contributed by atoms with van der Waals surface area (Å²) in [6.45, 7) is 6.40. The van der Waals surface area contributed by atoms with Gasteiger partial charge in [0.1, 0.15) is 0 Å². The Morgan fingerprint density at radius 1 is 1.50 bits per heavy atom. The van der Waals surface area contributed by atoms with Crippen LogP contribution in [0.1, 0.15) is 46.5 Å². The first-order valence-corrected chi connectivity index (χ1v) is 4.88. The first-order valence-electron chi connectivity index (χ1n) is 4.88. The second-order valence-electron chi connectivity index (χ2n) is 4.90. The van der Waals surface area contributed by atoms with Crippen LogP contribution >= 0.6 is 0 Å². The van der Waals surface area contributed by atoms with Gasteiger partial charge < -0.3 is 10.8 Å². The van der Waals surface area contributed by atoms with Crippen LogP contribution in [0.15, 0.2) is 0 Å². The highest BCUT2D eigenvalue weighted by molar-refractivity contribution is 4.99. The lowest BCUT2D eigenvalue weighted by atomic mass is 9.78. The molecule has 0 heterocycles. The minimum absolute atomic E-state index is 0.0833. The first kappa shape index (κ1) is 10.0. The van der Waals surface area contributed by atoms with Gasteiger partial charge in [-0.25, -0.2) is 0 Å².